The molecule has 0 aromatic rings. The fourth-order valence-corrected chi connectivity index (χ4v) is 1.26. The van der Waals surface area contributed by atoms with Crippen molar-refractivity contribution in [1.82, 2.24) is 5.32 Å². The number of Topliss-reactive ketones (excluding diaryl/α,β-unsaturated/α-hetero) is 1. The van der Waals surface area contributed by atoms with Gasteiger partial charge in [0.1, 0.15) is 0 Å². The Labute approximate surface area is 97.4 Å². The molecule has 1 N–H and O–H groups in total. The van der Waals surface area contributed by atoms with Crippen LogP contribution in [0.15, 0.2) is 0 Å². The third-order valence-electron chi connectivity index (χ3n) is 2.08. The Bertz CT molecular complexity index is 243. The first kappa shape index (κ1) is 14.5. The molecular weight excluding hydrogens is 210 g/mol. The average Bonchev–Trinajstić information content (AvgIpc) is 2.10. The molecule has 3 nitrogen and oxygen atoms in total. The van der Waals surface area contributed by atoms with Crippen molar-refractivity contribution >= 4 is 24.3 Å². The number of hydrogen-bond donors (Lipinski definition) is 2. The van der Waals surface area contributed by atoms with Crippen molar-refractivity contribution in [1.29, 1.82) is 0 Å². The molecule has 0 saturated heterocycles. The predicted octanol–water partition coefficient (Wildman–Crippen LogP) is 1.67. The zero-order chi connectivity index (χ0) is 12.2. The Morgan fingerprint density at radius 1 is 1.27 bits per heavy atom. The van der Waals surface area contributed by atoms with E-state index in [0.29, 0.717) is 5.75 Å². The van der Waals surface area contributed by atoms with Crippen LogP contribution in [0.5, 0.6) is 0 Å². The van der Waals surface area contributed by atoms with E-state index in [1.54, 1.807) is 0 Å². The second kappa shape index (κ2) is 5.54. The number of thiol groups is 1. The normalized spacial score (nSPS) is 13.8. The number of amides is 1. The van der Waals surface area contributed by atoms with Crippen molar-refractivity contribution in [3.63, 3.8) is 0 Å². The second-order valence-electron chi connectivity index (χ2n) is 5.02. The molecule has 0 bridgehead atoms. The lowest BCUT2D eigenvalue weighted by molar-refractivity contribution is -0.133. The van der Waals surface area contributed by atoms with Crippen LogP contribution < -0.4 is 5.32 Å². The van der Waals surface area contributed by atoms with Crippen molar-refractivity contribution < 1.29 is 9.59 Å². The van der Waals surface area contributed by atoms with E-state index in [1.807, 2.05) is 34.6 Å². The predicted molar refractivity (Wildman–Crippen MR) is 65.1 cm³/mol. The number of hydrogen-bond acceptors (Lipinski definition) is 3. The van der Waals surface area contributed by atoms with Crippen LogP contribution in [0.25, 0.3) is 0 Å². The topological polar surface area (TPSA) is 46.2 Å². The Balaban J connectivity index is 4.48. The molecule has 0 aromatic heterocycles. The monoisotopic (exact) mass is 231 g/mol. The molecule has 1 unspecified atom stereocenters. The van der Waals surface area contributed by atoms with Crippen molar-refractivity contribution in [2.75, 3.05) is 5.75 Å². The van der Waals surface area contributed by atoms with Crippen molar-refractivity contribution in [3.05, 3.63) is 0 Å². The van der Waals surface area contributed by atoms with Crippen LogP contribution in [-0.2, 0) is 9.59 Å². The highest BCUT2D eigenvalue weighted by Crippen LogP contribution is 2.13. The number of nitrogens with one attached hydrogen (secondary N) is 1. The molecule has 4 heteroatoms. The first-order chi connectivity index (χ1) is 6.70. The Morgan fingerprint density at radius 3 is 2.00 bits per heavy atom. The number of rotatable bonds is 4. The second-order valence-corrected chi connectivity index (χ2v) is 5.38. The fourth-order valence-electron chi connectivity index (χ4n) is 0.984. The summed E-state index contributed by atoms with van der Waals surface area (Å²) in [5.41, 5.74) is -0.474. The van der Waals surface area contributed by atoms with Crippen LogP contribution in [0.3, 0.4) is 0 Å². The third-order valence-corrected chi connectivity index (χ3v) is 2.45. The Kier molecular flexibility index (Phi) is 5.35. The number of carbonyl (C=O) groups is 2. The van der Waals surface area contributed by atoms with Gasteiger partial charge in [-0.3, -0.25) is 9.59 Å². The van der Waals surface area contributed by atoms with Gasteiger partial charge >= 0.3 is 0 Å². The number of ketones is 1. The van der Waals surface area contributed by atoms with Gasteiger partial charge in [-0.25, -0.2) is 0 Å². The molecular formula is C11H21NO2S. The van der Waals surface area contributed by atoms with Gasteiger partial charge in [0.05, 0.1) is 6.04 Å². The molecule has 15 heavy (non-hydrogen) atoms. The molecule has 0 fully saturated rings. The van der Waals surface area contributed by atoms with Crippen LogP contribution in [0.1, 0.15) is 34.6 Å². The van der Waals surface area contributed by atoms with E-state index in [9.17, 15) is 9.59 Å². The van der Waals surface area contributed by atoms with Crippen molar-refractivity contribution in [2.24, 2.45) is 11.3 Å². The van der Waals surface area contributed by atoms with Crippen LogP contribution in [-0.4, -0.2) is 23.5 Å². The van der Waals surface area contributed by atoms with Gasteiger partial charge < -0.3 is 5.32 Å². The van der Waals surface area contributed by atoms with Crippen molar-refractivity contribution in [3.8, 4) is 0 Å². The van der Waals surface area contributed by atoms with Gasteiger partial charge in [0.2, 0.25) is 5.91 Å². The average molecular weight is 231 g/mol. The van der Waals surface area contributed by atoms with Crippen LogP contribution >= 0.6 is 12.6 Å². The van der Waals surface area contributed by atoms with Gasteiger partial charge in [0.15, 0.2) is 5.78 Å². The summed E-state index contributed by atoms with van der Waals surface area (Å²) < 4.78 is 0. The van der Waals surface area contributed by atoms with E-state index < -0.39 is 11.5 Å². The third kappa shape index (κ3) is 4.69. The molecule has 0 spiro atoms. The highest BCUT2D eigenvalue weighted by Gasteiger charge is 2.27. The molecule has 1 amide bonds. The standard InChI is InChI=1S/C11H21NO2S/c1-7(2)9(13)8(6-15)12-10(14)11(3,4)5/h7-8,15H,6H2,1-5H3,(H,12,14). The fraction of sp³-hybridized carbons (Fsp3) is 0.818. The van der Waals surface area contributed by atoms with Gasteiger partial charge in [-0.1, -0.05) is 34.6 Å². The molecule has 0 aliphatic heterocycles. The maximum atomic E-state index is 11.7. The zero-order valence-electron chi connectivity index (χ0n) is 10.1. The summed E-state index contributed by atoms with van der Waals surface area (Å²) in [4.78, 5) is 23.3. The van der Waals surface area contributed by atoms with Gasteiger partial charge in [0.25, 0.3) is 0 Å². The van der Waals surface area contributed by atoms with E-state index in [0.717, 1.165) is 0 Å². The molecule has 0 aromatic carbocycles. The van der Waals surface area contributed by atoms with Gasteiger partial charge in [-0.2, -0.15) is 12.6 Å². The highest BCUT2D eigenvalue weighted by molar-refractivity contribution is 7.80. The lowest BCUT2D eigenvalue weighted by Crippen LogP contribution is -2.48. The van der Waals surface area contributed by atoms with Gasteiger partial charge in [-0.15, -0.1) is 0 Å². The molecule has 1 atom stereocenters. The first-order valence-corrected chi connectivity index (χ1v) is 5.79. The van der Waals surface area contributed by atoms with Gasteiger partial charge in [-0.05, 0) is 0 Å². The summed E-state index contributed by atoms with van der Waals surface area (Å²) in [6, 6.07) is -0.472. The maximum Gasteiger partial charge on any atom is 0.225 e. The summed E-state index contributed by atoms with van der Waals surface area (Å²) in [5, 5.41) is 2.72. The van der Waals surface area contributed by atoms with Crippen LogP contribution in [0.4, 0.5) is 0 Å². The Hall–Kier alpha value is -0.510. The minimum atomic E-state index is -0.474. The molecule has 0 aliphatic carbocycles. The summed E-state index contributed by atoms with van der Waals surface area (Å²) in [6.45, 7) is 9.09. The smallest absolute Gasteiger partial charge is 0.225 e. The minimum Gasteiger partial charge on any atom is -0.345 e. The van der Waals surface area contributed by atoms with E-state index >= 15 is 0 Å². The maximum absolute atomic E-state index is 11.7. The summed E-state index contributed by atoms with van der Waals surface area (Å²) >= 11 is 4.08. The van der Waals surface area contributed by atoms with E-state index in [-0.39, 0.29) is 17.6 Å². The zero-order valence-corrected chi connectivity index (χ0v) is 11.0. The van der Waals surface area contributed by atoms with E-state index in [1.165, 1.54) is 0 Å². The van der Waals surface area contributed by atoms with Crippen molar-refractivity contribution in [2.45, 2.75) is 40.7 Å². The molecule has 0 rings (SSSR count). The first-order valence-electron chi connectivity index (χ1n) is 5.15. The SMILES string of the molecule is CC(C)C(=O)C(CS)NC(=O)C(C)(C)C. The van der Waals surface area contributed by atoms with Crippen LogP contribution in [0.2, 0.25) is 0 Å². The van der Waals surface area contributed by atoms with Gasteiger partial charge in [0, 0.05) is 17.1 Å². The van der Waals surface area contributed by atoms with E-state index in [4.69, 9.17) is 0 Å². The quantitative estimate of drug-likeness (QED) is 0.723. The molecule has 0 saturated carbocycles. The van der Waals surface area contributed by atoms with E-state index in [2.05, 4.69) is 17.9 Å². The minimum absolute atomic E-state index is 0.0302. The number of carbonyl (C=O) groups excluding carboxylic acids is 2. The molecule has 0 radical (unpaired) electrons. The molecule has 0 aliphatic rings. The summed E-state index contributed by atoms with van der Waals surface area (Å²) in [7, 11) is 0. The van der Waals surface area contributed by atoms with Crippen LogP contribution in [0, 0.1) is 11.3 Å². The lowest BCUT2D eigenvalue weighted by Gasteiger charge is -2.23. The largest absolute Gasteiger partial charge is 0.345 e. The molecule has 0 heterocycles. The molecule has 88 valence electrons. The summed E-state index contributed by atoms with van der Waals surface area (Å²) in [5.74, 6) is 0.180. The summed E-state index contributed by atoms with van der Waals surface area (Å²) in [6.07, 6.45) is 0. The Morgan fingerprint density at radius 2 is 1.73 bits per heavy atom. The lowest BCUT2D eigenvalue weighted by atomic mass is 9.94. The highest BCUT2D eigenvalue weighted by atomic mass is 32.1.